The first-order valence-electron chi connectivity index (χ1n) is 15.0. The molecule has 1 saturated heterocycles. The number of thioether (sulfide) groups is 1. The van der Waals surface area contributed by atoms with E-state index in [9.17, 15) is 33.6 Å². The number of amidine groups is 1. The first-order valence-corrected chi connectivity index (χ1v) is 15.8. The van der Waals surface area contributed by atoms with Gasteiger partial charge in [-0.25, -0.2) is 9.80 Å². The van der Waals surface area contributed by atoms with Gasteiger partial charge in [-0.1, -0.05) is 11.8 Å². The molecule has 2 aromatic rings. The zero-order valence-corrected chi connectivity index (χ0v) is 28.5. The summed E-state index contributed by atoms with van der Waals surface area (Å²) < 4.78 is 38.7. The van der Waals surface area contributed by atoms with Gasteiger partial charge in [-0.2, -0.15) is 0 Å². The molecule has 0 radical (unpaired) electrons. The Morgan fingerprint density at radius 2 is 1.51 bits per heavy atom. The van der Waals surface area contributed by atoms with Gasteiger partial charge < -0.3 is 32.8 Å². The highest BCUT2D eigenvalue weighted by Crippen LogP contribution is 2.44. The van der Waals surface area contributed by atoms with Crippen LogP contribution in [0.4, 0.5) is 0 Å². The number of rotatable bonds is 9. The van der Waals surface area contributed by atoms with E-state index in [2.05, 4.69) is 5.10 Å². The predicted octanol–water partition coefficient (Wildman–Crippen LogP) is 1.99. The van der Waals surface area contributed by atoms with Gasteiger partial charge in [0.1, 0.15) is 29.4 Å². The lowest BCUT2D eigenvalue weighted by Gasteiger charge is -2.47. The fraction of sp³-hybridized carbons (Fsp3) is 0.484. The molecule has 2 amide bonds. The lowest BCUT2D eigenvalue weighted by molar-refractivity contribution is -0.269. The van der Waals surface area contributed by atoms with Gasteiger partial charge in [0.15, 0.2) is 29.7 Å². The third-order valence-electron chi connectivity index (χ3n) is 7.05. The molecule has 49 heavy (non-hydrogen) atoms. The second-order valence-corrected chi connectivity index (χ2v) is 11.9. The van der Waals surface area contributed by atoms with Gasteiger partial charge >= 0.3 is 29.5 Å². The highest BCUT2D eigenvalue weighted by Gasteiger charge is 2.56. The van der Waals surface area contributed by atoms with Crippen LogP contribution in [0.15, 0.2) is 38.6 Å². The number of benzene rings is 1. The number of esters is 4. The summed E-state index contributed by atoms with van der Waals surface area (Å²) in [6, 6.07) is 6.04. The van der Waals surface area contributed by atoms with Crippen LogP contribution in [0.25, 0.3) is 11.0 Å². The van der Waals surface area contributed by atoms with E-state index >= 15 is 0 Å². The molecular weight excluding hydrogens is 670 g/mol. The number of hydrogen-bond acceptors (Lipinski definition) is 16. The Morgan fingerprint density at radius 3 is 2.08 bits per heavy atom. The molecule has 1 aromatic carbocycles. The number of hydrogen-bond donors (Lipinski definition) is 0. The molecule has 1 unspecified atom stereocenters. The smallest absolute Gasteiger partial charge is 0.336 e. The Labute approximate surface area is 283 Å². The Kier molecular flexibility index (Phi) is 11.7. The number of ether oxygens (including phenoxy) is 6. The van der Waals surface area contributed by atoms with Crippen LogP contribution in [-0.4, -0.2) is 94.6 Å². The van der Waals surface area contributed by atoms with Crippen molar-refractivity contribution in [3.05, 3.63) is 40.2 Å². The highest BCUT2D eigenvalue weighted by atomic mass is 32.2. The van der Waals surface area contributed by atoms with E-state index in [1.807, 2.05) is 0 Å². The molecule has 1 fully saturated rings. The van der Waals surface area contributed by atoms with Gasteiger partial charge in [0.05, 0.1) is 6.61 Å². The van der Waals surface area contributed by atoms with Crippen molar-refractivity contribution in [2.24, 2.45) is 5.10 Å². The molecule has 0 saturated carbocycles. The Bertz CT molecular complexity index is 1740. The molecule has 18 heteroatoms. The van der Waals surface area contributed by atoms with Crippen LogP contribution < -0.4 is 10.4 Å². The van der Waals surface area contributed by atoms with Gasteiger partial charge in [-0.15, -0.1) is 5.10 Å². The third kappa shape index (κ3) is 8.55. The van der Waals surface area contributed by atoms with Gasteiger partial charge in [-0.05, 0) is 19.1 Å². The van der Waals surface area contributed by atoms with Gasteiger partial charge in [0.2, 0.25) is 11.8 Å². The first kappa shape index (κ1) is 36.9. The van der Waals surface area contributed by atoms with Crippen LogP contribution in [0.3, 0.4) is 0 Å². The van der Waals surface area contributed by atoms with Crippen molar-refractivity contribution in [2.45, 2.75) is 84.5 Å². The second-order valence-electron chi connectivity index (χ2n) is 10.8. The summed E-state index contributed by atoms with van der Waals surface area (Å²) >= 11 is 0.885. The minimum atomic E-state index is -1.64. The van der Waals surface area contributed by atoms with E-state index in [0.29, 0.717) is 23.3 Å². The zero-order valence-electron chi connectivity index (χ0n) is 27.7. The van der Waals surface area contributed by atoms with Gasteiger partial charge in [-0.3, -0.25) is 33.7 Å². The summed E-state index contributed by atoms with van der Waals surface area (Å²) in [6.45, 7) is 8.33. The lowest BCUT2D eigenvalue weighted by atomic mass is 9.96. The normalized spacial score (nSPS) is 23.2. The average Bonchev–Trinajstić information content (AvgIpc) is 3.43. The minimum absolute atomic E-state index is 0.138. The largest absolute Gasteiger partial charge is 0.494 e. The molecule has 17 nitrogen and oxygen atoms in total. The molecule has 0 bridgehead atoms. The van der Waals surface area contributed by atoms with E-state index in [0.717, 1.165) is 56.3 Å². The number of hydrazone groups is 1. The summed E-state index contributed by atoms with van der Waals surface area (Å²) in [5, 5.41) is 4.75. The first-order chi connectivity index (χ1) is 23.1. The van der Waals surface area contributed by atoms with Crippen molar-refractivity contribution in [1.29, 1.82) is 0 Å². The average molecular weight is 706 g/mol. The van der Waals surface area contributed by atoms with Crippen molar-refractivity contribution in [3.63, 3.8) is 0 Å². The van der Waals surface area contributed by atoms with Crippen molar-refractivity contribution in [2.75, 3.05) is 13.2 Å². The molecule has 6 atom stereocenters. The van der Waals surface area contributed by atoms with Crippen LogP contribution in [0.5, 0.6) is 5.75 Å². The Hall–Kier alpha value is -4.97. The monoisotopic (exact) mass is 705 g/mol. The molecular formula is C31H35N3O14S. The summed E-state index contributed by atoms with van der Waals surface area (Å²) in [5.41, 5.74) is -0.232. The van der Waals surface area contributed by atoms with E-state index in [1.54, 1.807) is 19.1 Å². The number of carbonyl (C=O) groups is 6. The number of nitrogens with zero attached hydrogens (tertiary/aromatic N) is 3. The molecule has 3 heterocycles. The number of fused-ring (bicyclic) bond motifs is 1. The zero-order chi connectivity index (χ0) is 36.2. The van der Waals surface area contributed by atoms with Crippen molar-refractivity contribution < 1.29 is 61.6 Å². The van der Waals surface area contributed by atoms with Crippen molar-refractivity contribution >= 4 is 63.6 Å². The molecule has 0 aliphatic carbocycles. The summed E-state index contributed by atoms with van der Waals surface area (Å²) in [7, 11) is 0. The fourth-order valence-electron chi connectivity index (χ4n) is 5.32. The molecule has 2 aliphatic rings. The molecule has 4 rings (SSSR count). The van der Waals surface area contributed by atoms with Crippen LogP contribution in [0.1, 0.15) is 59.4 Å². The SMILES string of the molecule is CCOc1ccc2c(C3SC(N(C(C)=O)[C@@H]4O[C@H](COC(C)=O)[C@H](OC(C)=O)[C@H](OC(C)=O)[C@H]4OC(C)=O)=NN3C(C)=O)cc(=O)oc2c1. The van der Waals surface area contributed by atoms with E-state index < -0.39 is 83.9 Å². The fourth-order valence-corrected chi connectivity index (χ4v) is 6.62. The maximum Gasteiger partial charge on any atom is 0.336 e. The summed E-state index contributed by atoms with van der Waals surface area (Å²) in [6.07, 6.45) is -7.65. The van der Waals surface area contributed by atoms with Crippen LogP contribution in [0.2, 0.25) is 0 Å². The van der Waals surface area contributed by atoms with Gasteiger partial charge in [0.25, 0.3) is 0 Å². The van der Waals surface area contributed by atoms with Crippen molar-refractivity contribution in [1.82, 2.24) is 9.91 Å². The van der Waals surface area contributed by atoms with Crippen molar-refractivity contribution in [3.8, 4) is 5.75 Å². The number of amides is 2. The summed E-state index contributed by atoms with van der Waals surface area (Å²) in [4.78, 5) is 88.7. The molecule has 0 N–H and O–H groups in total. The maximum atomic E-state index is 13.5. The predicted molar refractivity (Wildman–Crippen MR) is 168 cm³/mol. The van der Waals surface area contributed by atoms with E-state index in [1.165, 1.54) is 19.1 Å². The topological polar surface area (TPSA) is 207 Å². The highest BCUT2D eigenvalue weighted by molar-refractivity contribution is 8.14. The maximum absolute atomic E-state index is 13.5. The van der Waals surface area contributed by atoms with E-state index in [-0.39, 0.29) is 10.8 Å². The van der Waals surface area contributed by atoms with Crippen LogP contribution >= 0.6 is 11.8 Å². The molecule has 1 aromatic heterocycles. The second kappa shape index (κ2) is 15.5. The molecule has 2 aliphatic heterocycles. The van der Waals surface area contributed by atoms with E-state index in [4.69, 9.17) is 32.8 Å². The third-order valence-corrected chi connectivity index (χ3v) is 8.21. The number of carbonyl (C=O) groups excluding carboxylic acids is 6. The Morgan fingerprint density at radius 1 is 0.878 bits per heavy atom. The lowest BCUT2D eigenvalue weighted by Crippen LogP contribution is -2.67. The summed E-state index contributed by atoms with van der Waals surface area (Å²) in [5.74, 6) is -4.14. The quantitative estimate of drug-likeness (QED) is 0.208. The molecule has 0 spiro atoms. The van der Waals surface area contributed by atoms with Crippen LogP contribution in [0, 0.1) is 0 Å². The van der Waals surface area contributed by atoms with Crippen LogP contribution in [-0.2, 0) is 52.5 Å². The Balaban J connectivity index is 1.84. The standard InChI is InChI=1S/C31H35N3O14S/c1-8-42-20-9-10-21-22(12-25(41)47-23(21)11-20)30-34(15(3)36)32-31(49-30)33(14(2)35)29-28(46-19(7)40)27(45-18(6)39)26(44-17(5)38)24(48-29)13-43-16(4)37/h9-12,24,26-30H,8,13H2,1-7H3/t24-,26+,27+,28-,29-,30?/m1/s1. The minimum Gasteiger partial charge on any atom is -0.494 e. The molecule has 264 valence electrons. The van der Waals surface area contributed by atoms with Gasteiger partial charge in [0, 0.05) is 64.6 Å².